The summed E-state index contributed by atoms with van der Waals surface area (Å²) in [6.45, 7) is 5.20. The van der Waals surface area contributed by atoms with Gasteiger partial charge in [-0.2, -0.15) is 0 Å². The zero-order chi connectivity index (χ0) is 20.3. The number of benzene rings is 1. The lowest BCUT2D eigenvalue weighted by Gasteiger charge is -2.51. The monoisotopic (exact) mass is 409 g/mol. The standard InChI is InChI=1S/C25H32N2O3/c1-24-8-4-9-25(15-29-25)22(24)11-18-19(23(28)30-21(18)12-24)14-26-10-7-16-13-27-20-6-3-2-5-17(16)20/h2-3,5-6,13,18-19,21-22,26-27H,4,7-12,14-15H2,1H3/p+1/t18-,19-,21-,22-,24-,25+/m1/s1. The average molecular weight is 410 g/mol. The van der Waals surface area contributed by atoms with E-state index < -0.39 is 0 Å². The molecule has 0 amide bonds. The number of aromatic nitrogens is 1. The Hall–Kier alpha value is -1.85. The van der Waals surface area contributed by atoms with Crippen LogP contribution in [-0.4, -0.2) is 42.4 Å². The second-order valence-electron chi connectivity index (χ2n) is 10.5. The SMILES string of the molecule is C[C@]12CCC[C@]3(CO3)[C@@H]1C[C@H]1[C@@H](C2)OC(=O)[C@@H]1C[NH2+]CCc1c[nH]c2ccccc12. The topological polar surface area (TPSA) is 71.2 Å². The third-order valence-electron chi connectivity index (χ3n) is 8.79. The first-order valence-corrected chi connectivity index (χ1v) is 11.8. The van der Waals surface area contributed by atoms with Crippen molar-refractivity contribution in [3.05, 3.63) is 36.0 Å². The fourth-order valence-corrected chi connectivity index (χ4v) is 7.12. The van der Waals surface area contributed by atoms with Crippen molar-refractivity contribution in [3.8, 4) is 0 Å². The van der Waals surface area contributed by atoms with Crippen LogP contribution in [0, 0.1) is 23.2 Å². The molecule has 1 aromatic heterocycles. The summed E-state index contributed by atoms with van der Waals surface area (Å²) in [5, 5.41) is 3.64. The summed E-state index contributed by atoms with van der Waals surface area (Å²) >= 11 is 0. The molecule has 2 aromatic rings. The number of epoxide rings is 1. The molecule has 5 nitrogen and oxygen atoms in total. The summed E-state index contributed by atoms with van der Waals surface area (Å²) in [6.07, 6.45) is 9.11. The predicted octanol–water partition coefficient (Wildman–Crippen LogP) is 2.80. The Morgan fingerprint density at radius 3 is 3.00 bits per heavy atom. The van der Waals surface area contributed by atoms with Crippen molar-refractivity contribution in [3.63, 3.8) is 0 Å². The summed E-state index contributed by atoms with van der Waals surface area (Å²) in [4.78, 5) is 16.1. The number of para-hydroxylation sites is 1. The van der Waals surface area contributed by atoms with E-state index in [0.29, 0.717) is 11.8 Å². The van der Waals surface area contributed by atoms with Gasteiger partial charge < -0.3 is 19.8 Å². The molecular weight excluding hydrogens is 376 g/mol. The van der Waals surface area contributed by atoms with Crippen LogP contribution < -0.4 is 5.32 Å². The van der Waals surface area contributed by atoms with Crippen LogP contribution >= 0.6 is 0 Å². The number of rotatable bonds is 5. The highest BCUT2D eigenvalue weighted by molar-refractivity contribution is 5.83. The van der Waals surface area contributed by atoms with Crippen LogP contribution in [-0.2, 0) is 20.7 Å². The number of fused-ring (bicyclic) bond motifs is 4. The van der Waals surface area contributed by atoms with E-state index in [4.69, 9.17) is 9.47 Å². The fourth-order valence-electron chi connectivity index (χ4n) is 7.12. The van der Waals surface area contributed by atoms with Gasteiger partial charge in [0.25, 0.3) is 0 Å². The van der Waals surface area contributed by atoms with Crippen molar-refractivity contribution in [1.29, 1.82) is 0 Å². The van der Waals surface area contributed by atoms with E-state index in [1.807, 2.05) is 0 Å². The number of hydrogen-bond donors (Lipinski definition) is 2. The number of nitrogens with two attached hydrogens (primary N) is 1. The number of H-pyrrole nitrogens is 1. The van der Waals surface area contributed by atoms with Crippen molar-refractivity contribution in [2.45, 2.75) is 57.2 Å². The number of carbonyl (C=O) groups is 1. The number of nitrogens with one attached hydrogen (secondary N) is 1. The van der Waals surface area contributed by atoms with Crippen LogP contribution in [0.5, 0.6) is 0 Å². The Balaban J connectivity index is 1.10. The van der Waals surface area contributed by atoms with E-state index in [9.17, 15) is 4.79 Å². The van der Waals surface area contributed by atoms with Crippen LogP contribution in [0.25, 0.3) is 10.9 Å². The highest BCUT2D eigenvalue weighted by atomic mass is 16.6. The molecule has 4 fully saturated rings. The summed E-state index contributed by atoms with van der Waals surface area (Å²) in [6, 6.07) is 8.46. The molecule has 4 aliphatic rings. The summed E-state index contributed by atoms with van der Waals surface area (Å²) in [5.41, 5.74) is 2.97. The van der Waals surface area contributed by atoms with Crippen molar-refractivity contribution in [2.75, 3.05) is 19.7 Å². The van der Waals surface area contributed by atoms with Crippen LogP contribution in [0.4, 0.5) is 0 Å². The molecule has 30 heavy (non-hydrogen) atoms. The van der Waals surface area contributed by atoms with Gasteiger partial charge in [-0.15, -0.1) is 0 Å². The van der Waals surface area contributed by atoms with Gasteiger partial charge in [0, 0.05) is 29.4 Å². The van der Waals surface area contributed by atoms with E-state index in [0.717, 1.165) is 39.0 Å². The maximum absolute atomic E-state index is 12.7. The van der Waals surface area contributed by atoms with E-state index in [1.54, 1.807) is 0 Å². The van der Waals surface area contributed by atoms with Crippen LogP contribution in [0.2, 0.25) is 0 Å². The maximum Gasteiger partial charge on any atom is 0.315 e. The molecule has 3 heterocycles. The molecule has 3 N–H and O–H groups in total. The van der Waals surface area contributed by atoms with Crippen LogP contribution in [0.3, 0.4) is 0 Å². The molecule has 2 aliphatic heterocycles. The number of aromatic amines is 1. The van der Waals surface area contributed by atoms with E-state index in [1.165, 1.54) is 35.7 Å². The summed E-state index contributed by atoms with van der Waals surface area (Å²) < 4.78 is 12.0. The first kappa shape index (κ1) is 18.9. The van der Waals surface area contributed by atoms with Crippen molar-refractivity contribution >= 4 is 16.9 Å². The molecule has 0 bridgehead atoms. The predicted molar refractivity (Wildman–Crippen MR) is 114 cm³/mol. The molecule has 5 heteroatoms. The Kier molecular flexibility index (Phi) is 4.30. The first-order valence-electron chi connectivity index (χ1n) is 11.8. The van der Waals surface area contributed by atoms with E-state index in [2.05, 4.69) is 47.7 Å². The van der Waals surface area contributed by atoms with Crippen molar-refractivity contribution < 1.29 is 19.6 Å². The van der Waals surface area contributed by atoms with Gasteiger partial charge in [-0.25, -0.2) is 0 Å². The lowest BCUT2D eigenvalue weighted by atomic mass is 9.53. The third kappa shape index (κ3) is 2.93. The van der Waals surface area contributed by atoms with Gasteiger partial charge in [-0.3, -0.25) is 4.79 Å². The first-order chi connectivity index (χ1) is 14.6. The third-order valence-corrected chi connectivity index (χ3v) is 8.79. The summed E-state index contributed by atoms with van der Waals surface area (Å²) in [7, 11) is 0. The van der Waals surface area contributed by atoms with E-state index in [-0.39, 0.29) is 29.0 Å². The minimum absolute atomic E-state index is 0.0419. The molecule has 2 saturated carbocycles. The molecule has 0 radical (unpaired) electrons. The lowest BCUT2D eigenvalue weighted by molar-refractivity contribution is -0.658. The zero-order valence-electron chi connectivity index (χ0n) is 17.9. The molecule has 0 unspecified atom stereocenters. The number of esters is 1. The zero-order valence-corrected chi connectivity index (χ0v) is 17.9. The van der Waals surface area contributed by atoms with Gasteiger partial charge in [0.15, 0.2) is 0 Å². The van der Waals surface area contributed by atoms with Gasteiger partial charge >= 0.3 is 5.97 Å². The average Bonchev–Trinajstić information content (AvgIpc) is 3.27. The smallest absolute Gasteiger partial charge is 0.315 e. The van der Waals surface area contributed by atoms with Gasteiger partial charge in [-0.05, 0) is 55.1 Å². The Labute approximate surface area is 177 Å². The number of quaternary nitrogens is 1. The van der Waals surface area contributed by atoms with E-state index >= 15 is 0 Å². The number of ether oxygens (including phenoxy) is 2. The maximum atomic E-state index is 12.7. The van der Waals surface area contributed by atoms with Crippen molar-refractivity contribution in [2.24, 2.45) is 23.2 Å². The van der Waals surface area contributed by atoms with Crippen molar-refractivity contribution in [1.82, 2.24) is 4.98 Å². The van der Waals surface area contributed by atoms with Gasteiger partial charge in [0.1, 0.15) is 12.0 Å². The number of hydrogen-bond acceptors (Lipinski definition) is 3. The quantitative estimate of drug-likeness (QED) is 0.453. The molecule has 6 rings (SSSR count). The van der Waals surface area contributed by atoms with Gasteiger partial charge in [0.05, 0.1) is 25.3 Å². The summed E-state index contributed by atoms with van der Waals surface area (Å²) in [5.74, 6) is 1.06. The Bertz CT molecular complexity index is 964. The van der Waals surface area contributed by atoms with Gasteiger partial charge in [-0.1, -0.05) is 25.1 Å². The highest BCUT2D eigenvalue weighted by Gasteiger charge is 2.65. The molecule has 6 atom stereocenters. The molecule has 1 aromatic carbocycles. The fraction of sp³-hybridized carbons (Fsp3) is 0.640. The number of carbonyl (C=O) groups excluding carboxylic acids is 1. The molecule has 2 aliphatic carbocycles. The molecule has 160 valence electrons. The second kappa shape index (κ2) is 6.83. The Morgan fingerprint density at radius 2 is 2.13 bits per heavy atom. The normalized spacial score (nSPS) is 39.7. The van der Waals surface area contributed by atoms with Gasteiger partial charge in [0.2, 0.25) is 0 Å². The molecule has 1 spiro atoms. The Morgan fingerprint density at radius 1 is 1.27 bits per heavy atom. The largest absolute Gasteiger partial charge is 0.462 e. The minimum Gasteiger partial charge on any atom is -0.462 e. The lowest BCUT2D eigenvalue weighted by Crippen LogP contribution is -2.86. The van der Waals surface area contributed by atoms with Crippen LogP contribution in [0.15, 0.2) is 30.5 Å². The second-order valence-corrected chi connectivity index (χ2v) is 10.5. The minimum atomic E-state index is 0.0419. The highest BCUT2D eigenvalue weighted by Crippen LogP contribution is 2.62. The van der Waals surface area contributed by atoms with Crippen LogP contribution in [0.1, 0.15) is 44.6 Å². The molecule has 2 saturated heterocycles. The molecular formula is C25H33N2O3+.